The van der Waals surface area contributed by atoms with Crippen LogP contribution in [0.3, 0.4) is 0 Å². The summed E-state index contributed by atoms with van der Waals surface area (Å²) in [5, 5.41) is 32.3. The number of nitrogens with one attached hydrogen (secondary N) is 1. The van der Waals surface area contributed by atoms with Gasteiger partial charge in [0.2, 0.25) is 0 Å². The van der Waals surface area contributed by atoms with Crippen LogP contribution in [0.15, 0.2) is 23.4 Å². The Bertz CT molecular complexity index is 453. The Labute approximate surface area is 104 Å². The summed E-state index contributed by atoms with van der Waals surface area (Å²) in [6.45, 7) is 1.85. The normalized spacial score (nSPS) is 13.1. The van der Waals surface area contributed by atoms with E-state index in [0.717, 1.165) is 6.07 Å². The average molecular weight is 253 g/mol. The molecule has 1 rings (SSSR count). The Kier molecular flexibility index (Phi) is 4.36. The Balaban J connectivity index is 2.66. The first-order chi connectivity index (χ1) is 8.43. The van der Waals surface area contributed by atoms with E-state index >= 15 is 0 Å². The van der Waals surface area contributed by atoms with Crippen molar-refractivity contribution in [3.8, 4) is 11.5 Å². The number of oxime groups is 1. The van der Waals surface area contributed by atoms with Crippen molar-refractivity contribution < 1.29 is 20.2 Å². The number of benzene rings is 1. The zero-order chi connectivity index (χ0) is 13.7. The van der Waals surface area contributed by atoms with Gasteiger partial charge in [0, 0.05) is 24.1 Å². The second kappa shape index (κ2) is 5.76. The molecule has 0 spiro atoms. The molecular weight excluding hydrogens is 238 g/mol. The van der Waals surface area contributed by atoms with Crippen LogP contribution < -0.4 is 11.1 Å². The molecule has 98 valence electrons. The summed E-state index contributed by atoms with van der Waals surface area (Å²) in [7, 11) is 0. The molecule has 0 saturated heterocycles. The number of amides is 1. The summed E-state index contributed by atoms with van der Waals surface area (Å²) in [5.74, 6) is -1.20. The van der Waals surface area contributed by atoms with Crippen LogP contribution in [0.1, 0.15) is 17.3 Å². The molecule has 0 heterocycles. The zero-order valence-corrected chi connectivity index (χ0v) is 9.79. The van der Waals surface area contributed by atoms with Gasteiger partial charge in [-0.1, -0.05) is 12.1 Å². The Morgan fingerprint density at radius 2 is 1.94 bits per heavy atom. The molecule has 0 aromatic heterocycles. The molecule has 0 bridgehead atoms. The van der Waals surface area contributed by atoms with Gasteiger partial charge in [0.05, 0.1) is 0 Å². The van der Waals surface area contributed by atoms with Crippen molar-refractivity contribution in [2.75, 3.05) is 6.54 Å². The fourth-order valence-electron chi connectivity index (χ4n) is 1.28. The van der Waals surface area contributed by atoms with E-state index in [1.165, 1.54) is 12.1 Å². The fourth-order valence-corrected chi connectivity index (χ4v) is 1.28. The van der Waals surface area contributed by atoms with Crippen molar-refractivity contribution >= 4 is 11.7 Å². The lowest BCUT2D eigenvalue weighted by Crippen LogP contribution is -2.34. The van der Waals surface area contributed by atoms with Crippen LogP contribution >= 0.6 is 0 Å². The highest BCUT2D eigenvalue weighted by Gasteiger charge is 2.12. The highest BCUT2D eigenvalue weighted by Crippen LogP contribution is 2.20. The molecular formula is C11H15N3O4. The largest absolute Gasteiger partial charge is 0.508 e. The quantitative estimate of drug-likeness (QED) is 0.227. The minimum Gasteiger partial charge on any atom is -0.508 e. The highest BCUT2D eigenvalue weighted by atomic mass is 16.4. The third-order valence-electron chi connectivity index (χ3n) is 2.35. The van der Waals surface area contributed by atoms with Gasteiger partial charge < -0.3 is 26.5 Å². The molecule has 0 fully saturated rings. The summed E-state index contributed by atoms with van der Waals surface area (Å²) in [4.78, 5) is 11.7. The number of carbonyl (C=O) groups is 1. The molecule has 1 atom stereocenters. The lowest BCUT2D eigenvalue weighted by molar-refractivity contribution is 0.0950. The number of phenolic OH excluding ortho intramolecular Hbond substituents is 2. The first-order valence-electron chi connectivity index (χ1n) is 5.22. The van der Waals surface area contributed by atoms with Gasteiger partial charge in [-0.05, 0) is 12.1 Å². The van der Waals surface area contributed by atoms with Gasteiger partial charge in [0.25, 0.3) is 5.91 Å². The number of nitrogens with zero attached hydrogens (tertiary/aromatic N) is 1. The first kappa shape index (κ1) is 13.6. The molecule has 6 N–H and O–H groups in total. The summed E-state index contributed by atoms with van der Waals surface area (Å²) in [6.07, 6.45) is 0. The van der Waals surface area contributed by atoms with E-state index in [1.54, 1.807) is 6.92 Å². The molecule has 0 aliphatic carbocycles. The molecule has 1 aromatic carbocycles. The highest BCUT2D eigenvalue weighted by molar-refractivity contribution is 5.95. The predicted molar refractivity (Wildman–Crippen MR) is 64.7 cm³/mol. The second-order valence-corrected chi connectivity index (χ2v) is 3.87. The Morgan fingerprint density at radius 3 is 2.44 bits per heavy atom. The van der Waals surface area contributed by atoms with Crippen molar-refractivity contribution in [1.29, 1.82) is 0 Å². The Morgan fingerprint density at radius 1 is 1.39 bits per heavy atom. The van der Waals surface area contributed by atoms with Gasteiger partial charge in [-0.3, -0.25) is 4.79 Å². The van der Waals surface area contributed by atoms with Crippen LogP contribution in [0, 0.1) is 5.92 Å². The number of aromatic hydroxyl groups is 2. The lowest BCUT2D eigenvalue weighted by Gasteiger charge is -2.11. The van der Waals surface area contributed by atoms with E-state index in [-0.39, 0.29) is 35.4 Å². The van der Waals surface area contributed by atoms with Crippen molar-refractivity contribution in [2.45, 2.75) is 6.92 Å². The van der Waals surface area contributed by atoms with Crippen molar-refractivity contribution in [3.05, 3.63) is 23.8 Å². The minimum atomic E-state index is -0.473. The van der Waals surface area contributed by atoms with Crippen molar-refractivity contribution in [1.82, 2.24) is 5.32 Å². The van der Waals surface area contributed by atoms with Crippen LogP contribution in [0.4, 0.5) is 0 Å². The standard InChI is InChI=1S/C11H15N3O4/c1-6(10(12)14-18)5-13-11(17)7-2-8(15)4-9(16)3-7/h2-4,6,15-16,18H,5H2,1H3,(H2,12,14)(H,13,17). The molecule has 0 aliphatic rings. The minimum absolute atomic E-state index is 0.00839. The van der Waals surface area contributed by atoms with E-state index in [4.69, 9.17) is 10.9 Å². The number of hydrogen-bond acceptors (Lipinski definition) is 5. The third-order valence-corrected chi connectivity index (χ3v) is 2.35. The molecule has 7 heteroatoms. The number of carbonyl (C=O) groups excluding carboxylic acids is 1. The number of hydrogen-bond donors (Lipinski definition) is 5. The number of rotatable bonds is 4. The number of nitrogens with two attached hydrogens (primary N) is 1. The molecule has 1 aromatic rings. The van der Waals surface area contributed by atoms with Crippen molar-refractivity contribution in [2.24, 2.45) is 16.8 Å². The van der Waals surface area contributed by atoms with E-state index < -0.39 is 5.91 Å². The van der Waals surface area contributed by atoms with Gasteiger partial charge in [-0.25, -0.2) is 0 Å². The zero-order valence-electron chi connectivity index (χ0n) is 9.79. The molecule has 0 radical (unpaired) electrons. The molecule has 0 aliphatic heterocycles. The number of phenols is 2. The fraction of sp³-hybridized carbons (Fsp3) is 0.273. The maximum Gasteiger partial charge on any atom is 0.251 e. The van der Waals surface area contributed by atoms with Crippen molar-refractivity contribution in [3.63, 3.8) is 0 Å². The average Bonchev–Trinajstić information content (AvgIpc) is 2.33. The van der Waals surface area contributed by atoms with Gasteiger partial charge >= 0.3 is 0 Å². The number of amidine groups is 1. The van der Waals surface area contributed by atoms with E-state index in [0.29, 0.717) is 0 Å². The van der Waals surface area contributed by atoms with Gasteiger partial charge in [-0.2, -0.15) is 0 Å². The first-order valence-corrected chi connectivity index (χ1v) is 5.22. The summed E-state index contributed by atoms with van der Waals surface area (Å²) < 4.78 is 0. The smallest absolute Gasteiger partial charge is 0.251 e. The monoisotopic (exact) mass is 253 g/mol. The molecule has 18 heavy (non-hydrogen) atoms. The van der Waals surface area contributed by atoms with E-state index in [9.17, 15) is 15.0 Å². The molecule has 1 amide bonds. The predicted octanol–water partition coefficient (Wildman–Crippen LogP) is 0.210. The van der Waals surface area contributed by atoms with Gasteiger partial charge in [0.1, 0.15) is 17.3 Å². The molecule has 1 unspecified atom stereocenters. The second-order valence-electron chi connectivity index (χ2n) is 3.87. The summed E-state index contributed by atoms with van der Waals surface area (Å²) in [6, 6.07) is 3.57. The third kappa shape index (κ3) is 3.55. The van der Waals surface area contributed by atoms with E-state index in [1.807, 2.05) is 0 Å². The van der Waals surface area contributed by atoms with Crippen LogP contribution in [-0.4, -0.2) is 33.7 Å². The topological polar surface area (TPSA) is 128 Å². The van der Waals surface area contributed by atoms with Crippen LogP contribution in [0.25, 0.3) is 0 Å². The maximum atomic E-state index is 11.7. The van der Waals surface area contributed by atoms with Gasteiger partial charge in [-0.15, -0.1) is 0 Å². The SMILES string of the molecule is CC(CNC(=O)c1cc(O)cc(O)c1)/C(N)=N/O. The van der Waals surface area contributed by atoms with Crippen LogP contribution in [0.2, 0.25) is 0 Å². The lowest BCUT2D eigenvalue weighted by atomic mass is 10.1. The molecule has 7 nitrogen and oxygen atoms in total. The van der Waals surface area contributed by atoms with Gasteiger partial charge in [0.15, 0.2) is 0 Å². The van der Waals surface area contributed by atoms with E-state index in [2.05, 4.69) is 10.5 Å². The van der Waals surface area contributed by atoms with Crippen LogP contribution in [-0.2, 0) is 0 Å². The summed E-state index contributed by atoms with van der Waals surface area (Å²) in [5.41, 5.74) is 5.48. The van der Waals surface area contributed by atoms with Crippen LogP contribution in [0.5, 0.6) is 11.5 Å². The molecule has 0 saturated carbocycles. The maximum absolute atomic E-state index is 11.7. The Hall–Kier alpha value is -2.44. The summed E-state index contributed by atoms with van der Waals surface area (Å²) >= 11 is 0.